The molecule has 1 N–H and O–H groups in total. The van der Waals surface area contributed by atoms with E-state index in [2.05, 4.69) is 5.32 Å². The van der Waals surface area contributed by atoms with E-state index < -0.39 is 28.5 Å². The van der Waals surface area contributed by atoms with Gasteiger partial charge in [0.15, 0.2) is 0 Å². The highest BCUT2D eigenvalue weighted by Gasteiger charge is 2.29. The van der Waals surface area contributed by atoms with Crippen LogP contribution in [-0.4, -0.2) is 51.0 Å². The number of hydrogen-bond acceptors (Lipinski definition) is 4. The monoisotopic (exact) mass is 465 g/mol. The number of halogens is 1. The average molecular weight is 466 g/mol. The minimum absolute atomic E-state index is 0.110. The largest absolute Gasteiger partial charge is 0.357 e. The Morgan fingerprint density at radius 1 is 1.10 bits per heavy atom. The van der Waals surface area contributed by atoms with Crippen LogP contribution in [0.2, 0.25) is 5.02 Å². The van der Waals surface area contributed by atoms with Crippen molar-refractivity contribution in [1.82, 2.24) is 10.2 Å². The molecular weight excluding hydrogens is 438 g/mol. The van der Waals surface area contributed by atoms with Crippen molar-refractivity contribution in [2.24, 2.45) is 0 Å². The van der Waals surface area contributed by atoms with Gasteiger partial charge in [0, 0.05) is 18.6 Å². The van der Waals surface area contributed by atoms with Crippen molar-refractivity contribution in [1.29, 1.82) is 0 Å². The number of rotatable bonds is 8. The Balaban J connectivity index is 2.40. The maximum absolute atomic E-state index is 13.3. The summed E-state index contributed by atoms with van der Waals surface area (Å²) in [7, 11) is -2.26. The molecule has 1 atom stereocenters. The Morgan fingerprint density at radius 3 is 2.32 bits per heavy atom. The van der Waals surface area contributed by atoms with Crippen LogP contribution in [0.5, 0.6) is 0 Å². The maximum atomic E-state index is 13.3. The van der Waals surface area contributed by atoms with Gasteiger partial charge in [0.1, 0.15) is 12.6 Å². The number of carbonyl (C=O) groups excluding carboxylic acids is 2. The zero-order valence-corrected chi connectivity index (χ0v) is 19.9. The van der Waals surface area contributed by atoms with E-state index in [0.29, 0.717) is 10.7 Å². The molecule has 31 heavy (non-hydrogen) atoms. The third-order valence-corrected chi connectivity index (χ3v) is 6.49. The molecule has 0 aromatic heterocycles. The highest BCUT2D eigenvalue weighted by atomic mass is 35.5. The van der Waals surface area contributed by atoms with Crippen LogP contribution >= 0.6 is 11.6 Å². The number of carbonyl (C=O) groups is 2. The molecule has 0 saturated heterocycles. The second-order valence-electron chi connectivity index (χ2n) is 7.48. The number of likely N-dealkylation sites (N-methyl/N-ethyl adjacent to an activating group) is 1. The van der Waals surface area contributed by atoms with Gasteiger partial charge in [-0.05, 0) is 61.7 Å². The highest BCUT2D eigenvalue weighted by Crippen LogP contribution is 2.22. The molecule has 2 rings (SSSR count). The molecule has 0 aliphatic heterocycles. The first-order valence-corrected chi connectivity index (χ1v) is 12.0. The van der Waals surface area contributed by atoms with E-state index >= 15 is 0 Å². The molecular formula is C22H28ClN3O4S. The van der Waals surface area contributed by atoms with Crippen molar-refractivity contribution in [3.63, 3.8) is 0 Å². The molecule has 2 aromatic rings. The summed E-state index contributed by atoms with van der Waals surface area (Å²) in [5.41, 5.74) is 3.05. The van der Waals surface area contributed by atoms with Crippen LogP contribution in [0.4, 0.5) is 5.69 Å². The lowest BCUT2D eigenvalue weighted by molar-refractivity contribution is -0.139. The third-order valence-electron chi connectivity index (χ3n) is 5.11. The molecule has 2 aromatic carbocycles. The molecule has 0 aliphatic carbocycles. The van der Waals surface area contributed by atoms with Crippen LogP contribution in [0.1, 0.15) is 23.6 Å². The van der Waals surface area contributed by atoms with Gasteiger partial charge in [0.2, 0.25) is 21.8 Å². The zero-order chi connectivity index (χ0) is 23.3. The smallest absolute Gasteiger partial charge is 0.244 e. The van der Waals surface area contributed by atoms with Crippen molar-refractivity contribution in [3.8, 4) is 0 Å². The number of sulfonamides is 1. The molecule has 0 fully saturated rings. The fraction of sp³-hybridized carbons (Fsp3) is 0.364. The van der Waals surface area contributed by atoms with Gasteiger partial charge in [-0.25, -0.2) is 8.42 Å². The van der Waals surface area contributed by atoms with Gasteiger partial charge >= 0.3 is 0 Å². The quantitative estimate of drug-likeness (QED) is 0.649. The first kappa shape index (κ1) is 24.7. The van der Waals surface area contributed by atoms with E-state index in [0.717, 1.165) is 27.3 Å². The van der Waals surface area contributed by atoms with Crippen LogP contribution in [-0.2, 0) is 26.2 Å². The molecule has 0 spiro atoms. The molecule has 0 saturated carbocycles. The molecule has 7 nitrogen and oxygen atoms in total. The predicted octanol–water partition coefficient (Wildman–Crippen LogP) is 2.89. The molecule has 168 valence electrons. The lowest BCUT2D eigenvalue weighted by atomic mass is 10.1. The predicted molar refractivity (Wildman–Crippen MR) is 124 cm³/mol. The van der Waals surface area contributed by atoms with Crippen LogP contribution < -0.4 is 9.62 Å². The van der Waals surface area contributed by atoms with Crippen LogP contribution in [0.15, 0.2) is 42.5 Å². The van der Waals surface area contributed by atoms with E-state index in [1.165, 1.54) is 11.9 Å². The fourth-order valence-electron chi connectivity index (χ4n) is 3.12. The first-order chi connectivity index (χ1) is 14.4. The molecule has 0 aliphatic rings. The highest BCUT2D eigenvalue weighted by molar-refractivity contribution is 7.92. The summed E-state index contributed by atoms with van der Waals surface area (Å²) >= 11 is 6.06. The van der Waals surface area contributed by atoms with Crippen LogP contribution in [0.3, 0.4) is 0 Å². The van der Waals surface area contributed by atoms with Gasteiger partial charge in [0.05, 0.1) is 11.9 Å². The summed E-state index contributed by atoms with van der Waals surface area (Å²) in [6.45, 7) is 5.08. The minimum Gasteiger partial charge on any atom is -0.357 e. The van der Waals surface area contributed by atoms with Gasteiger partial charge < -0.3 is 10.2 Å². The molecule has 9 heteroatoms. The number of hydrogen-bond donors (Lipinski definition) is 1. The number of aryl methyl sites for hydroxylation is 2. The van der Waals surface area contributed by atoms with Gasteiger partial charge in [-0.3, -0.25) is 13.9 Å². The van der Waals surface area contributed by atoms with E-state index in [9.17, 15) is 18.0 Å². The summed E-state index contributed by atoms with van der Waals surface area (Å²) in [6.07, 6.45) is 1.05. The molecule has 0 unspecified atom stereocenters. The summed E-state index contributed by atoms with van der Waals surface area (Å²) < 4.78 is 26.1. The topological polar surface area (TPSA) is 86.8 Å². The summed E-state index contributed by atoms with van der Waals surface area (Å²) in [5.74, 6) is -0.854. The Morgan fingerprint density at radius 2 is 1.77 bits per heavy atom. The van der Waals surface area contributed by atoms with Crippen molar-refractivity contribution in [2.75, 3.05) is 24.2 Å². The second kappa shape index (κ2) is 10.2. The van der Waals surface area contributed by atoms with Crippen molar-refractivity contribution in [2.45, 2.75) is 33.4 Å². The summed E-state index contributed by atoms with van der Waals surface area (Å²) in [6, 6.07) is 11.4. The van der Waals surface area contributed by atoms with Crippen molar-refractivity contribution >= 4 is 39.1 Å². The van der Waals surface area contributed by atoms with E-state index in [1.54, 1.807) is 43.3 Å². The van der Waals surface area contributed by atoms with Crippen LogP contribution in [0, 0.1) is 13.8 Å². The molecule has 2 amide bonds. The number of benzene rings is 2. The van der Waals surface area contributed by atoms with Gasteiger partial charge in [0.25, 0.3) is 0 Å². The SMILES string of the molecule is CNC(=O)[C@@H](C)N(Cc1cccc(Cl)c1)C(=O)CN(c1ccc(C)c(C)c1)S(C)(=O)=O. The zero-order valence-electron chi connectivity index (χ0n) is 18.3. The Bertz CT molecular complexity index is 1070. The summed E-state index contributed by atoms with van der Waals surface area (Å²) in [5, 5.41) is 3.04. The van der Waals surface area contributed by atoms with Gasteiger partial charge in [-0.1, -0.05) is 29.8 Å². The number of nitrogens with zero attached hydrogens (tertiary/aromatic N) is 2. The third kappa shape index (κ3) is 6.45. The first-order valence-electron chi connectivity index (χ1n) is 9.74. The average Bonchev–Trinajstić information content (AvgIpc) is 2.70. The number of amides is 2. The molecule has 0 heterocycles. The Kier molecular flexibility index (Phi) is 8.08. The van der Waals surface area contributed by atoms with Gasteiger partial charge in [-0.15, -0.1) is 0 Å². The van der Waals surface area contributed by atoms with Gasteiger partial charge in [-0.2, -0.15) is 0 Å². The lowest BCUT2D eigenvalue weighted by Crippen LogP contribution is -2.50. The second-order valence-corrected chi connectivity index (χ2v) is 9.82. The van der Waals surface area contributed by atoms with E-state index in [4.69, 9.17) is 11.6 Å². The van der Waals surface area contributed by atoms with Crippen molar-refractivity contribution < 1.29 is 18.0 Å². The Hall–Kier alpha value is -2.58. The standard InChI is InChI=1S/C22H28ClN3O4S/c1-15-9-10-20(11-16(15)2)26(31(5,29)30)14-21(27)25(17(3)22(28)24-4)13-18-7-6-8-19(23)12-18/h6-12,17H,13-14H2,1-5H3,(H,24,28)/t17-/m1/s1. The fourth-order valence-corrected chi connectivity index (χ4v) is 4.17. The molecule has 0 bridgehead atoms. The maximum Gasteiger partial charge on any atom is 0.244 e. The van der Waals surface area contributed by atoms with Crippen molar-refractivity contribution in [3.05, 3.63) is 64.2 Å². The van der Waals surface area contributed by atoms with E-state index in [1.807, 2.05) is 19.9 Å². The summed E-state index contributed by atoms with van der Waals surface area (Å²) in [4.78, 5) is 26.9. The Labute approximate surface area is 189 Å². The van der Waals surface area contributed by atoms with E-state index in [-0.39, 0.29) is 12.5 Å². The lowest BCUT2D eigenvalue weighted by Gasteiger charge is -2.31. The number of nitrogens with one attached hydrogen (secondary N) is 1. The normalized spacial score (nSPS) is 12.2. The molecule has 0 radical (unpaired) electrons. The number of anilines is 1. The minimum atomic E-state index is -3.74. The van der Waals surface area contributed by atoms with Crippen LogP contribution in [0.25, 0.3) is 0 Å².